The van der Waals surface area contributed by atoms with E-state index in [0.717, 1.165) is 60.3 Å². The highest BCUT2D eigenvalue weighted by molar-refractivity contribution is 5.90. The second-order valence-electron chi connectivity index (χ2n) is 13.8. The molecule has 4 rings (SSSR count). The lowest BCUT2D eigenvalue weighted by molar-refractivity contribution is 0.316. The van der Waals surface area contributed by atoms with Gasteiger partial charge in [0.15, 0.2) is 0 Å². The van der Waals surface area contributed by atoms with E-state index in [4.69, 9.17) is 14.7 Å². The number of aromatic nitrogens is 2. The maximum absolute atomic E-state index is 5.96. The van der Waals surface area contributed by atoms with Gasteiger partial charge in [0.2, 0.25) is 5.95 Å². The third-order valence-electron chi connectivity index (χ3n) is 8.28. The SMILES string of the molecule is COc1c(CNCC[C@H]2CC[C@@H](Nc3nc(N(C)C)c4ccccc4n3)CC2)cc(C(C)(C)C)cc1C(C)(C)C. The van der Waals surface area contributed by atoms with Crippen molar-refractivity contribution in [1.82, 2.24) is 15.3 Å². The van der Waals surface area contributed by atoms with Crippen molar-refractivity contribution in [3.05, 3.63) is 53.1 Å². The first-order valence-electron chi connectivity index (χ1n) is 15.0. The lowest BCUT2D eigenvalue weighted by Gasteiger charge is -2.30. The zero-order valence-electron chi connectivity index (χ0n) is 26.3. The lowest BCUT2D eigenvalue weighted by atomic mass is 9.79. The molecule has 6 heteroatoms. The van der Waals surface area contributed by atoms with Crippen LogP contribution in [0.3, 0.4) is 0 Å². The summed E-state index contributed by atoms with van der Waals surface area (Å²) in [6.07, 6.45) is 6.01. The topological polar surface area (TPSA) is 62.3 Å². The number of rotatable bonds is 9. The average molecular weight is 546 g/mol. The number of fused-ring (bicyclic) bond motifs is 1. The molecule has 0 radical (unpaired) electrons. The average Bonchev–Trinajstić information content (AvgIpc) is 2.90. The minimum Gasteiger partial charge on any atom is -0.496 e. The summed E-state index contributed by atoms with van der Waals surface area (Å²) in [5.41, 5.74) is 5.04. The molecule has 1 aliphatic rings. The highest BCUT2D eigenvalue weighted by Gasteiger charge is 2.26. The number of methoxy groups -OCH3 is 1. The summed E-state index contributed by atoms with van der Waals surface area (Å²) in [7, 11) is 5.89. The van der Waals surface area contributed by atoms with Gasteiger partial charge in [0, 0.05) is 43.2 Å². The molecule has 1 heterocycles. The molecule has 0 atom stereocenters. The van der Waals surface area contributed by atoms with Gasteiger partial charge < -0.3 is 20.3 Å². The van der Waals surface area contributed by atoms with Gasteiger partial charge in [-0.25, -0.2) is 4.98 Å². The summed E-state index contributed by atoms with van der Waals surface area (Å²) in [6, 6.07) is 13.4. The number of hydrogen-bond acceptors (Lipinski definition) is 6. The van der Waals surface area contributed by atoms with Crippen LogP contribution in [0, 0.1) is 5.92 Å². The molecule has 2 aromatic carbocycles. The van der Waals surface area contributed by atoms with Crippen molar-refractivity contribution < 1.29 is 4.74 Å². The molecular weight excluding hydrogens is 494 g/mol. The molecule has 0 bridgehead atoms. The number of benzene rings is 2. The molecular formula is C34H51N5O. The van der Waals surface area contributed by atoms with Gasteiger partial charge in [0.1, 0.15) is 11.6 Å². The molecule has 0 aliphatic heterocycles. The molecule has 0 saturated heterocycles. The van der Waals surface area contributed by atoms with E-state index in [9.17, 15) is 0 Å². The fourth-order valence-corrected chi connectivity index (χ4v) is 5.82. The Balaban J connectivity index is 1.31. The minimum absolute atomic E-state index is 0.0277. The van der Waals surface area contributed by atoms with Crippen molar-refractivity contribution in [1.29, 1.82) is 0 Å². The summed E-state index contributed by atoms with van der Waals surface area (Å²) < 4.78 is 5.96. The molecule has 0 unspecified atom stereocenters. The third kappa shape index (κ3) is 7.25. The minimum atomic E-state index is 0.0277. The Labute approximate surface area is 242 Å². The fraction of sp³-hybridized carbons (Fsp3) is 0.588. The standard InChI is InChI=1S/C34H51N5O/c1-33(2,3)25-20-24(30(40-9)28(21-25)34(4,5)6)22-35-19-18-23-14-16-26(17-15-23)36-32-37-29-13-11-10-12-27(29)31(38-32)39(7)8/h10-13,20-21,23,26,35H,14-19,22H2,1-9H3,(H,36,37,38)/t23-,26+. The van der Waals surface area contributed by atoms with Crippen molar-refractivity contribution in [3.63, 3.8) is 0 Å². The number of hydrogen-bond donors (Lipinski definition) is 2. The largest absolute Gasteiger partial charge is 0.496 e. The van der Waals surface area contributed by atoms with Crippen molar-refractivity contribution in [2.75, 3.05) is 38.0 Å². The van der Waals surface area contributed by atoms with E-state index in [2.05, 4.69) is 81.3 Å². The summed E-state index contributed by atoms with van der Waals surface area (Å²) in [5.74, 6) is 3.50. The van der Waals surface area contributed by atoms with Crippen molar-refractivity contribution >= 4 is 22.7 Å². The first kappa shape index (κ1) is 30.1. The van der Waals surface area contributed by atoms with E-state index < -0.39 is 0 Å². The number of anilines is 2. The van der Waals surface area contributed by atoms with Crippen molar-refractivity contribution in [3.8, 4) is 5.75 Å². The van der Waals surface area contributed by atoms with Crippen LogP contribution in [0.25, 0.3) is 10.9 Å². The van der Waals surface area contributed by atoms with Crippen LogP contribution < -0.4 is 20.3 Å². The predicted octanol–water partition coefficient (Wildman–Crippen LogP) is 7.45. The molecule has 6 nitrogen and oxygen atoms in total. The molecule has 40 heavy (non-hydrogen) atoms. The molecule has 1 aliphatic carbocycles. The molecule has 1 fully saturated rings. The molecule has 218 valence electrons. The van der Waals surface area contributed by atoms with Crippen LogP contribution in [-0.2, 0) is 17.4 Å². The highest BCUT2D eigenvalue weighted by atomic mass is 16.5. The van der Waals surface area contributed by atoms with Gasteiger partial charge in [-0.15, -0.1) is 0 Å². The van der Waals surface area contributed by atoms with Crippen LogP contribution in [0.1, 0.15) is 90.3 Å². The molecule has 2 N–H and O–H groups in total. The van der Waals surface area contributed by atoms with E-state index >= 15 is 0 Å². The number of ether oxygens (including phenoxy) is 1. The lowest BCUT2D eigenvalue weighted by Crippen LogP contribution is -2.29. The highest BCUT2D eigenvalue weighted by Crippen LogP contribution is 2.38. The Bertz CT molecular complexity index is 1280. The smallest absolute Gasteiger partial charge is 0.225 e. The Morgan fingerprint density at radius 3 is 2.25 bits per heavy atom. The zero-order valence-corrected chi connectivity index (χ0v) is 26.3. The predicted molar refractivity (Wildman–Crippen MR) is 170 cm³/mol. The van der Waals surface area contributed by atoms with Gasteiger partial charge in [-0.2, -0.15) is 4.98 Å². The molecule has 0 amide bonds. The van der Waals surface area contributed by atoms with E-state index in [1.807, 2.05) is 33.3 Å². The first-order valence-corrected chi connectivity index (χ1v) is 15.0. The summed E-state index contributed by atoms with van der Waals surface area (Å²) in [4.78, 5) is 11.7. The van der Waals surface area contributed by atoms with E-state index in [-0.39, 0.29) is 10.8 Å². The molecule has 1 saturated carbocycles. The molecule has 0 spiro atoms. The van der Waals surface area contributed by atoms with Crippen molar-refractivity contribution in [2.45, 2.75) is 97.1 Å². The van der Waals surface area contributed by atoms with Crippen molar-refractivity contribution in [2.24, 2.45) is 5.92 Å². The maximum Gasteiger partial charge on any atom is 0.225 e. The second-order valence-corrected chi connectivity index (χ2v) is 13.8. The van der Waals surface area contributed by atoms with Gasteiger partial charge in [-0.05, 0) is 73.1 Å². The molecule has 3 aromatic rings. The Morgan fingerprint density at radius 2 is 1.62 bits per heavy atom. The number of para-hydroxylation sites is 1. The van der Waals surface area contributed by atoms with E-state index in [1.54, 1.807) is 0 Å². The van der Waals surface area contributed by atoms with Crippen LogP contribution in [0.2, 0.25) is 0 Å². The van der Waals surface area contributed by atoms with Crippen LogP contribution in [0.5, 0.6) is 5.75 Å². The van der Waals surface area contributed by atoms with Gasteiger partial charge in [0.25, 0.3) is 0 Å². The first-order chi connectivity index (χ1) is 18.9. The van der Waals surface area contributed by atoms with E-state index in [0.29, 0.717) is 6.04 Å². The number of nitrogens with one attached hydrogen (secondary N) is 2. The normalized spacial score (nSPS) is 18.1. The van der Waals surface area contributed by atoms with Crippen LogP contribution in [-0.4, -0.2) is 43.8 Å². The zero-order chi connectivity index (χ0) is 29.1. The van der Waals surface area contributed by atoms with Crippen LogP contribution in [0.15, 0.2) is 36.4 Å². The second kappa shape index (κ2) is 12.3. The van der Waals surface area contributed by atoms with Crippen LogP contribution in [0.4, 0.5) is 11.8 Å². The quantitative estimate of drug-likeness (QED) is 0.272. The van der Waals surface area contributed by atoms with Gasteiger partial charge in [0.05, 0.1) is 12.6 Å². The Kier molecular flexibility index (Phi) is 9.29. The summed E-state index contributed by atoms with van der Waals surface area (Å²) >= 11 is 0. The van der Waals surface area contributed by atoms with Gasteiger partial charge in [-0.1, -0.05) is 65.8 Å². The summed E-state index contributed by atoms with van der Waals surface area (Å²) in [5, 5.41) is 8.48. The number of nitrogens with zero attached hydrogens (tertiary/aromatic N) is 3. The Hall–Kier alpha value is -2.86. The fourth-order valence-electron chi connectivity index (χ4n) is 5.82. The maximum atomic E-state index is 5.96. The monoisotopic (exact) mass is 545 g/mol. The molecule has 1 aromatic heterocycles. The third-order valence-corrected chi connectivity index (χ3v) is 8.28. The van der Waals surface area contributed by atoms with E-state index in [1.165, 1.54) is 36.0 Å². The summed E-state index contributed by atoms with van der Waals surface area (Å²) in [6.45, 7) is 15.5. The van der Waals surface area contributed by atoms with Gasteiger partial charge >= 0.3 is 0 Å². The van der Waals surface area contributed by atoms with Crippen LogP contribution >= 0.6 is 0 Å². The van der Waals surface area contributed by atoms with Gasteiger partial charge in [-0.3, -0.25) is 0 Å². The Morgan fingerprint density at radius 1 is 0.925 bits per heavy atom.